The fourth-order valence-corrected chi connectivity index (χ4v) is 2.26. The summed E-state index contributed by atoms with van der Waals surface area (Å²) in [6.07, 6.45) is 2.06. The summed E-state index contributed by atoms with van der Waals surface area (Å²) in [7, 11) is 1.95. The highest BCUT2D eigenvalue weighted by atomic mass is 79.9. The molecule has 17 heavy (non-hydrogen) atoms. The van der Waals surface area contributed by atoms with Crippen LogP contribution in [0.5, 0.6) is 0 Å². The molecule has 2 aromatic rings. The highest BCUT2D eigenvalue weighted by Gasteiger charge is 2.02. The number of rotatable bonds is 4. The van der Waals surface area contributed by atoms with Crippen LogP contribution in [0.3, 0.4) is 0 Å². The van der Waals surface area contributed by atoms with Crippen molar-refractivity contribution in [2.45, 2.75) is 20.0 Å². The van der Waals surface area contributed by atoms with Crippen LogP contribution in [-0.2, 0) is 20.1 Å². The predicted octanol–water partition coefficient (Wildman–Crippen LogP) is 2.78. The van der Waals surface area contributed by atoms with E-state index in [4.69, 9.17) is 0 Å². The highest BCUT2D eigenvalue weighted by Crippen LogP contribution is 2.11. The van der Waals surface area contributed by atoms with Gasteiger partial charge in [-0.1, -0.05) is 28.1 Å². The van der Waals surface area contributed by atoms with Crippen molar-refractivity contribution in [3.8, 4) is 0 Å². The Bertz CT molecular complexity index is 505. The Morgan fingerprint density at radius 2 is 2.18 bits per heavy atom. The lowest BCUT2D eigenvalue weighted by molar-refractivity contribution is 0.690. The van der Waals surface area contributed by atoms with Gasteiger partial charge in [-0.05, 0) is 24.6 Å². The van der Waals surface area contributed by atoms with Gasteiger partial charge in [0.1, 0.15) is 0 Å². The molecule has 0 radical (unpaired) electrons. The average molecular weight is 294 g/mol. The van der Waals surface area contributed by atoms with Gasteiger partial charge in [0.05, 0.1) is 5.69 Å². The monoisotopic (exact) mass is 293 g/mol. The quantitative estimate of drug-likeness (QED) is 0.939. The van der Waals surface area contributed by atoms with Crippen LogP contribution in [0.25, 0.3) is 0 Å². The molecular formula is C13H16BrN3. The van der Waals surface area contributed by atoms with Gasteiger partial charge in [0.2, 0.25) is 0 Å². The Balaban J connectivity index is 1.89. The number of nitrogens with one attached hydrogen (secondary N) is 1. The normalized spacial score (nSPS) is 10.8. The maximum atomic E-state index is 4.32. The van der Waals surface area contributed by atoms with E-state index < -0.39 is 0 Å². The Morgan fingerprint density at radius 1 is 1.35 bits per heavy atom. The molecule has 4 heteroatoms. The molecule has 1 N–H and O–H groups in total. The van der Waals surface area contributed by atoms with Gasteiger partial charge in [0.15, 0.2) is 0 Å². The second kappa shape index (κ2) is 5.47. The third kappa shape index (κ3) is 3.41. The fourth-order valence-electron chi connectivity index (χ4n) is 1.81. The molecule has 1 heterocycles. The second-order valence-electron chi connectivity index (χ2n) is 4.15. The van der Waals surface area contributed by atoms with Crippen LogP contribution in [0.15, 0.2) is 34.9 Å². The summed E-state index contributed by atoms with van der Waals surface area (Å²) >= 11 is 3.47. The van der Waals surface area contributed by atoms with E-state index in [-0.39, 0.29) is 0 Å². The SMILES string of the molecule is Cc1nn(C)cc1CNCc1cccc(Br)c1. The molecule has 1 aromatic heterocycles. The van der Waals surface area contributed by atoms with E-state index in [9.17, 15) is 0 Å². The smallest absolute Gasteiger partial charge is 0.0638 e. The van der Waals surface area contributed by atoms with Crippen LogP contribution in [0.1, 0.15) is 16.8 Å². The van der Waals surface area contributed by atoms with Crippen LogP contribution in [0.4, 0.5) is 0 Å². The van der Waals surface area contributed by atoms with Crippen LogP contribution in [0, 0.1) is 6.92 Å². The zero-order valence-electron chi connectivity index (χ0n) is 10.1. The van der Waals surface area contributed by atoms with E-state index in [2.05, 4.69) is 50.7 Å². The Morgan fingerprint density at radius 3 is 2.82 bits per heavy atom. The lowest BCUT2D eigenvalue weighted by Gasteiger charge is -2.04. The number of aryl methyl sites for hydroxylation is 2. The van der Waals surface area contributed by atoms with Crippen molar-refractivity contribution in [2.24, 2.45) is 7.05 Å². The van der Waals surface area contributed by atoms with E-state index >= 15 is 0 Å². The van der Waals surface area contributed by atoms with Crippen LogP contribution >= 0.6 is 15.9 Å². The van der Waals surface area contributed by atoms with Gasteiger partial charge < -0.3 is 5.32 Å². The molecule has 0 aliphatic heterocycles. The summed E-state index contributed by atoms with van der Waals surface area (Å²) in [4.78, 5) is 0. The van der Waals surface area contributed by atoms with Gasteiger partial charge in [0.25, 0.3) is 0 Å². The fraction of sp³-hybridized carbons (Fsp3) is 0.308. The van der Waals surface area contributed by atoms with E-state index in [1.807, 2.05) is 24.7 Å². The largest absolute Gasteiger partial charge is 0.308 e. The van der Waals surface area contributed by atoms with Crippen molar-refractivity contribution >= 4 is 15.9 Å². The molecule has 90 valence electrons. The second-order valence-corrected chi connectivity index (χ2v) is 5.06. The molecule has 0 fully saturated rings. The molecule has 2 rings (SSSR count). The number of hydrogen-bond acceptors (Lipinski definition) is 2. The van der Waals surface area contributed by atoms with Gasteiger partial charge in [-0.2, -0.15) is 5.10 Å². The molecular weight excluding hydrogens is 278 g/mol. The lowest BCUT2D eigenvalue weighted by Crippen LogP contribution is -2.12. The Kier molecular flexibility index (Phi) is 3.97. The maximum Gasteiger partial charge on any atom is 0.0638 e. The molecule has 3 nitrogen and oxygen atoms in total. The zero-order chi connectivity index (χ0) is 12.3. The number of aromatic nitrogens is 2. The minimum Gasteiger partial charge on any atom is -0.308 e. The van der Waals surface area contributed by atoms with E-state index in [1.54, 1.807) is 0 Å². The molecule has 0 bridgehead atoms. The summed E-state index contributed by atoms with van der Waals surface area (Å²) in [6, 6.07) is 8.34. The number of benzene rings is 1. The molecule has 1 aromatic carbocycles. The van der Waals surface area contributed by atoms with E-state index in [0.29, 0.717) is 0 Å². The van der Waals surface area contributed by atoms with Crippen molar-refractivity contribution in [3.05, 3.63) is 51.8 Å². The molecule has 0 amide bonds. The van der Waals surface area contributed by atoms with E-state index in [0.717, 1.165) is 23.3 Å². The zero-order valence-corrected chi connectivity index (χ0v) is 11.7. The van der Waals surface area contributed by atoms with Crippen molar-refractivity contribution in [1.82, 2.24) is 15.1 Å². The van der Waals surface area contributed by atoms with Gasteiger partial charge in [0, 0.05) is 36.4 Å². The number of halogens is 1. The Hall–Kier alpha value is -1.13. The van der Waals surface area contributed by atoms with E-state index in [1.165, 1.54) is 11.1 Å². The summed E-state index contributed by atoms with van der Waals surface area (Å²) in [5, 5.41) is 7.75. The van der Waals surface area contributed by atoms with Crippen molar-refractivity contribution in [2.75, 3.05) is 0 Å². The number of nitrogens with zero attached hydrogens (tertiary/aromatic N) is 2. The molecule has 0 atom stereocenters. The standard InChI is InChI=1S/C13H16BrN3/c1-10-12(9-17(2)16-10)8-15-7-11-4-3-5-13(14)6-11/h3-6,9,15H,7-8H2,1-2H3. The average Bonchev–Trinajstić information content (AvgIpc) is 2.58. The van der Waals surface area contributed by atoms with Crippen molar-refractivity contribution < 1.29 is 0 Å². The topological polar surface area (TPSA) is 29.9 Å². The predicted molar refractivity (Wildman–Crippen MR) is 72.6 cm³/mol. The third-order valence-electron chi connectivity index (χ3n) is 2.65. The number of hydrogen-bond donors (Lipinski definition) is 1. The summed E-state index contributed by atoms with van der Waals surface area (Å²) in [5.74, 6) is 0. The lowest BCUT2D eigenvalue weighted by atomic mass is 10.2. The van der Waals surface area contributed by atoms with Crippen molar-refractivity contribution in [1.29, 1.82) is 0 Å². The highest BCUT2D eigenvalue weighted by molar-refractivity contribution is 9.10. The van der Waals surface area contributed by atoms with Gasteiger partial charge >= 0.3 is 0 Å². The van der Waals surface area contributed by atoms with Crippen LogP contribution < -0.4 is 5.32 Å². The molecule has 0 saturated carbocycles. The first-order chi connectivity index (χ1) is 8.15. The summed E-state index contributed by atoms with van der Waals surface area (Å²) in [5.41, 5.74) is 3.62. The third-order valence-corrected chi connectivity index (χ3v) is 3.14. The van der Waals surface area contributed by atoms with Gasteiger partial charge in [-0.3, -0.25) is 4.68 Å². The maximum absolute atomic E-state index is 4.32. The first-order valence-corrected chi connectivity index (χ1v) is 6.39. The first kappa shape index (κ1) is 12.3. The molecule has 0 aliphatic carbocycles. The van der Waals surface area contributed by atoms with Crippen molar-refractivity contribution in [3.63, 3.8) is 0 Å². The minimum absolute atomic E-state index is 0.853. The molecule has 0 aliphatic rings. The molecule has 0 spiro atoms. The van der Waals surface area contributed by atoms with Gasteiger partial charge in [-0.25, -0.2) is 0 Å². The molecule has 0 saturated heterocycles. The Labute approximate surface area is 110 Å². The van der Waals surface area contributed by atoms with Crippen LogP contribution in [0.2, 0.25) is 0 Å². The first-order valence-electron chi connectivity index (χ1n) is 5.59. The van der Waals surface area contributed by atoms with Gasteiger partial charge in [-0.15, -0.1) is 0 Å². The summed E-state index contributed by atoms with van der Waals surface area (Å²) < 4.78 is 2.97. The molecule has 0 unspecified atom stereocenters. The minimum atomic E-state index is 0.853. The summed E-state index contributed by atoms with van der Waals surface area (Å²) in [6.45, 7) is 3.76. The van der Waals surface area contributed by atoms with Crippen LogP contribution in [-0.4, -0.2) is 9.78 Å².